The van der Waals surface area contributed by atoms with Gasteiger partial charge in [-0.3, -0.25) is 4.90 Å². The minimum atomic E-state index is -0.122. The molecule has 2 amide bonds. The number of nitrogens with one attached hydrogen (secondary N) is 1. The quantitative estimate of drug-likeness (QED) is 0.880. The van der Waals surface area contributed by atoms with Gasteiger partial charge in [0.25, 0.3) is 0 Å². The second kappa shape index (κ2) is 6.62. The highest BCUT2D eigenvalue weighted by atomic mass is 16.5. The van der Waals surface area contributed by atoms with E-state index in [2.05, 4.69) is 10.3 Å². The van der Waals surface area contributed by atoms with E-state index in [1.54, 1.807) is 12.0 Å². The molecule has 3 rings (SSSR count). The Morgan fingerprint density at radius 3 is 2.91 bits per heavy atom. The van der Waals surface area contributed by atoms with Crippen LogP contribution in [0.2, 0.25) is 0 Å². The maximum atomic E-state index is 12.3. The van der Waals surface area contributed by atoms with E-state index in [1.165, 1.54) is 0 Å². The average Bonchev–Trinajstić information content (AvgIpc) is 3.00. The molecule has 6 nitrogen and oxygen atoms in total. The Bertz CT molecular complexity index is 639. The number of fused-ring (bicyclic) bond motifs is 1. The van der Waals surface area contributed by atoms with Crippen LogP contribution in [0.1, 0.15) is 6.42 Å². The molecule has 0 bridgehead atoms. The number of amides is 2. The maximum absolute atomic E-state index is 12.3. The number of hydrogen-bond donors (Lipinski definition) is 1. The number of aromatic nitrogens is 2. The van der Waals surface area contributed by atoms with Crippen LogP contribution in [0.15, 0.2) is 36.5 Å². The first-order valence-corrected chi connectivity index (χ1v) is 7.46. The second-order valence-electron chi connectivity index (χ2n) is 5.22. The molecule has 1 N–H and O–H groups in total. The molecule has 116 valence electrons. The number of hydrogen-bond acceptors (Lipinski definition) is 3. The van der Waals surface area contributed by atoms with Gasteiger partial charge in [-0.25, -0.2) is 9.78 Å². The van der Waals surface area contributed by atoms with Crippen molar-refractivity contribution in [3.8, 4) is 11.3 Å². The molecule has 0 spiro atoms. The minimum absolute atomic E-state index is 0.122. The van der Waals surface area contributed by atoms with E-state index >= 15 is 0 Å². The van der Waals surface area contributed by atoms with E-state index in [-0.39, 0.29) is 6.03 Å². The summed E-state index contributed by atoms with van der Waals surface area (Å²) in [5, 5.41) is 2.85. The van der Waals surface area contributed by atoms with Crippen molar-refractivity contribution < 1.29 is 9.53 Å². The Kier molecular flexibility index (Phi) is 4.39. The van der Waals surface area contributed by atoms with Gasteiger partial charge in [0.05, 0.1) is 12.3 Å². The molecule has 2 aromatic rings. The van der Waals surface area contributed by atoms with Gasteiger partial charge in [-0.15, -0.1) is 0 Å². The molecule has 0 radical (unpaired) electrons. The van der Waals surface area contributed by atoms with Crippen molar-refractivity contribution >= 4 is 12.0 Å². The first-order valence-electron chi connectivity index (χ1n) is 7.46. The number of carbonyl (C=O) groups is 1. The molecule has 22 heavy (non-hydrogen) atoms. The summed E-state index contributed by atoms with van der Waals surface area (Å²) in [4.78, 5) is 18.6. The highest BCUT2D eigenvalue weighted by molar-refractivity contribution is 5.90. The Morgan fingerprint density at radius 1 is 1.32 bits per heavy atom. The van der Waals surface area contributed by atoms with E-state index in [1.807, 2.05) is 41.1 Å². The summed E-state index contributed by atoms with van der Waals surface area (Å²) < 4.78 is 7.00. The third-order valence-electron chi connectivity index (χ3n) is 3.67. The molecule has 0 saturated carbocycles. The molecule has 0 aliphatic carbocycles. The third-order valence-corrected chi connectivity index (χ3v) is 3.67. The van der Waals surface area contributed by atoms with Gasteiger partial charge in [-0.2, -0.15) is 0 Å². The van der Waals surface area contributed by atoms with Crippen LogP contribution in [0.4, 0.5) is 10.7 Å². The first kappa shape index (κ1) is 14.6. The predicted octanol–water partition coefficient (Wildman–Crippen LogP) is 2.12. The number of urea groups is 1. The van der Waals surface area contributed by atoms with E-state index < -0.39 is 0 Å². The monoisotopic (exact) mass is 300 g/mol. The van der Waals surface area contributed by atoms with E-state index in [0.717, 1.165) is 24.2 Å². The molecular formula is C16H20N4O2. The number of aryl methyl sites for hydroxylation is 1. The number of rotatable bonds is 4. The van der Waals surface area contributed by atoms with Crippen molar-refractivity contribution in [3.63, 3.8) is 0 Å². The fraction of sp³-hybridized carbons (Fsp3) is 0.375. The standard InChI is InChI=1S/C16H20N4O2/c1-22-11-8-17-16(21)20-10-5-9-19-12-14(18-15(19)20)13-6-3-2-4-7-13/h2-4,6-7,12H,5,8-11H2,1H3,(H,17,21). The number of nitrogens with zero attached hydrogens (tertiary/aromatic N) is 3. The molecule has 6 heteroatoms. The van der Waals surface area contributed by atoms with Crippen molar-refractivity contribution in [2.24, 2.45) is 0 Å². The molecule has 1 aliphatic rings. The van der Waals surface area contributed by atoms with Gasteiger partial charge in [0, 0.05) is 38.5 Å². The number of benzene rings is 1. The maximum Gasteiger partial charge on any atom is 0.324 e. The molecular weight excluding hydrogens is 280 g/mol. The summed E-state index contributed by atoms with van der Waals surface area (Å²) in [6, 6.07) is 9.89. The summed E-state index contributed by atoms with van der Waals surface area (Å²) >= 11 is 0. The second-order valence-corrected chi connectivity index (χ2v) is 5.22. The van der Waals surface area contributed by atoms with Crippen molar-refractivity contribution in [2.45, 2.75) is 13.0 Å². The highest BCUT2D eigenvalue weighted by Crippen LogP contribution is 2.26. The Labute approximate surface area is 129 Å². The lowest BCUT2D eigenvalue weighted by Gasteiger charge is -2.27. The van der Waals surface area contributed by atoms with E-state index in [9.17, 15) is 4.79 Å². The van der Waals surface area contributed by atoms with Crippen LogP contribution in [-0.4, -0.2) is 42.4 Å². The van der Waals surface area contributed by atoms with Crippen molar-refractivity contribution in [2.75, 3.05) is 31.7 Å². The van der Waals surface area contributed by atoms with Crippen LogP contribution >= 0.6 is 0 Å². The van der Waals surface area contributed by atoms with Gasteiger partial charge in [0.15, 0.2) is 0 Å². The number of ether oxygens (including phenoxy) is 1. The molecule has 0 atom stereocenters. The van der Waals surface area contributed by atoms with Crippen molar-refractivity contribution in [1.29, 1.82) is 0 Å². The molecule has 1 aromatic heterocycles. The molecule has 0 fully saturated rings. The van der Waals surface area contributed by atoms with Crippen LogP contribution in [0, 0.1) is 0 Å². The number of imidazole rings is 1. The van der Waals surface area contributed by atoms with Crippen molar-refractivity contribution in [3.05, 3.63) is 36.5 Å². The van der Waals surface area contributed by atoms with Crippen LogP contribution in [0.3, 0.4) is 0 Å². The van der Waals surface area contributed by atoms with Crippen LogP contribution in [0.25, 0.3) is 11.3 Å². The normalized spacial score (nSPS) is 13.8. The summed E-state index contributed by atoms with van der Waals surface area (Å²) in [6.45, 7) is 2.57. The van der Waals surface area contributed by atoms with Crippen LogP contribution in [0.5, 0.6) is 0 Å². The fourth-order valence-electron chi connectivity index (χ4n) is 2.58. The summed E-state index contributed by atoms with van der Waals surface area (Å²) in [7, 11) is 1.62. The van der Waals surface area contributed by atoms with Crippen molar-refractivity contribution in [1.82, 2.24) is 14.9 Å². The Morgan fingerprint density at radius 2 is 2.14 bits per heavy atom. The van der Waals surface area contributed by atoms with Crippen LogP contribution in [-0.2, 0) is 11.3 Å². The summed E-state index contributed by atoms with van der Waals surface area (Å²) in [5.41, 5.74) is 1.95. The zero-order valence-corrected chi connectivity index (χ0v) is 12.7. The van der Waals surface area contributed by atoms with E-state index in [0.29, 0.717) is 25.6 Å². The molecule has 2 heterocycles. The van der Waals surface area contributed by atoms with Gasteiger partial charge in [0.1, 0.15) is 0 Å². The molecule has 1 aliphatic heterocycles. The Hall–Kier alpha value is -2.34. The fourth-order valence-corrected chi connectivity index (χ4v) is 2.58. The smallest absolute Gasteiger partial charge is 0.324 e. The first-order chi connectivity index (χ1) is 10.8. The zero-order valence-electron chi connectivity index (χ0n) is 12.7. The topological polar surface area (TPSA) is 59.4 Å². The van der Waals surface area contributed by atoms with Crippen LogP contribution < -0.4 is 10.2 Å². The van der Waals surface area contributed by atoms with Gasteiger partial charge in [-0.1, -0.05) is 30.3 Å². The minimum Gasteiger partial charge on any atom is -0.383 e. The van der Waals surface area contributed by atoms with Gasteiger partial charge in [-0.05, 0) is 6.42 Å². The number of methoxy groups -OCH3 is 1. The third kappa shape index (κ3) is 2.96. The molecule has 1 aromatic carbocycles. The predicted molar refractivity (Wildman–Crippen MR) is 84.9 cm³/mol. The molecule has 0 saturated heterocycles. The lowest BCUT2D eigenvalue weighted by Crippen LogP contribution is -2.45. The lowest BCUT2D eigenvalue weighted by atomic mass is 10.2. The highest BCUT2D eigenvalue weighted by Gasteiger charge is 2.25. The average molecular weight is 300 g/mol. The van der Waals surface area contributed by atoms with Gasteiger partial charge in [0.2, 0.25) is 5.95 Å². The zero-order chi connectivity index (χ0) is 15.4. The molecule has 0 unspecified atom stereocenters. The van der Waals surface area contributed by atoms with E-state index in [4.69, 9.17) is 4.74 Å². The summed E-state index contributed by atoms with van der Waals surface area (Å²) in [6.07, 6.45) is 2.94. The lowest BCUT2D eigenvalue weighted by molar-refractivity contribution is 0.197. The summed E-state index contributed by atoms with van der Waals surface area (Å²) in [5.74, 6) is 0.708. The van der Waals surface area contributed by atoms with Gasteiger partial charge >= 0.3 is 6.03 Å². The van der Waals surface area contributed by atoms with Gasteiger partial charge < -0.3 is 14.6 Å². The number of carbonyl (C=O) groups excluding carboxylic acids is 1. The Balaban J connectivity index is 1.81. The SMILES string of the molecule is COCCNC(=O)N1CCCn2cc(-c3ccccc3)nc21. The number of anilines is 1. The largest absolute Gasteiger partial charge is 0.383 e.